The molecular weight excluding hydrogens is 829 g/mol. The van der Waals surface area contributed by atoms with E-state index in [1.807, 2.05) is 6.07 Å². The van der Waals surface area contributed by atoms with E-state index in [4.69, 9.17) is 8.83 Å². The van der Waals surface area contributed by atoms with Gasteiger partial charge < -0.3 is 19.3 Å². The molecule has 2 aliphatic carbocycles. The number of hydrogen-bond donors (Lipinski definition) is 2. The van der Waals surface area contributed by atoms with Gasteiger partial charge in [0.05, 0.1) is 29.4 Å². The molecule has 2 aliphatic heterocycles. The number of nitrogens with zero attached hydrogens (tertiary/aromatic N) is 2. The van der Waals surface area contributed by atoms with Gasteiger partial charge in [-0.3, -0.25) is 13.4 Å². The summed E-state index contributed by atoms with van der Waals surface area (Å²) in [7, 11) is -5.41. The Morgan fingerprint density at radius 2 is 1.03 bits per heavy atom. The van der Waals surface area contributed by atoms with Crippen molar-refractivity contribution in [3.8, 4) is 22.6 Å². The van der Waals surface area contributed by atoms with E-state index in [9.17, 15) is 40.3 Å². The molecule has 2 aromatic heterocycles. The highest BCUT2D eigenvalue weighted by molar-refractivity contribution is 7.92. The molecular formula is C45H43F2N3O9S2. The smallest absolute Gasteiger partial charge is 0.340 e. The summed E-state index contributed by atoms with van der Waals surface area (Å²) in [5, 5.41) is 13.6. The highest BCUT2D eigenvalue weighted by Crippen LogP contribution is 2.58. The Morgan fingerprint density at radius 3 is 1.39 bits per heavy atom. The summed E-state index contributed by atoms with van der Waals surface area (Å²) in [5.41, 5.74) is 5.01. The minimum atomic E-state index is -3.50. The molecule has 4 aromatic carbocycles. The van der Waals surface area contributed by atoms with Crippen LogP contribution >= 0.6 is 0 Å². The summed E-state index contributed by atoms with van der Waals surface area (Å²) in [6.45, 7) is 0.809. The minimum absolute atomic E-state index is 0.00496. The molecule has 4 aliphatic rings. The molecule has 2 saturated carbocycles. The van der Waals surface area contributed by atoms with Gasteiger partial charge in [0.15, 0.2) is 0 Å². The van der Waals surface area contributed by atoms with Crippen LogP contribution in [0.15, 0.2) is 81.6 Å². The van der Waals surface area contributed by atoms with Crippen LogP contribution in [0.2, 0.25) is 0 Å². The van der Waals surface area contributed by atoms with Crippen LogP contribution in [0.4, 0.5) is 20.2 Å². The zero-order chi connectivity index (χ0) is 43.2. The second kappa shape index (κ2) is 14.4. The third-order valence-electron chi connectivity index (χ3n) is 12.7. The molecule has 318 valence electrons. The number of carboxylic acid groups (broad SMARTS) is 1. The Hall–Kier alpha value is -5.74. The van der Waals surface area contributed by atoms with Gasteiger partial charge in [-0.25, -0.2) is 30.4 Å². The average molecular weight is 872 g/mol. The summed E-state index contributed by atoms with van der Waals surface area (Å²) in [6.07, 6.45) is 9.61. The van der Waals surface area contributed by atoms with Gasteiger partial charge in [0.2, 0.25) is 20.0 Å². The van der Waals surface area contributed by atoms with E-state index < -0.39 is 31.8 Å². The highest BCUT2D eigenvalue weighted by Gasteiger charge is 2.49. The van der Waals surface area contributed by atoms with Crippen LogP contribution in [-0.4, -0.2) is 66.5 Å². The first-order valence-corrected chi connectivity index (χ1v) is 23.8. The van der Waals surface area contributed by atoms with E-state index in [0.717, 1.165) is 62.5 Å². The Kier molecular flexibility index (Phi) is 9.62. The maximum absolute atomic E-state index is 13.4. The van der Waals surface area contributed by atoms with Crippen molar-refractivity contribution in [1.82, 2.24) is 5.32 Å². The molecule has 0 unspecified atom stereocenters. The molecule has 1 amide bonds. The van der Waals surface area contributed by atoms with Crippen molar-refractivity contribution in [3.63, 3.8) is 0 Å². The highest BCUT2D eigenvalue weighted by atomic mass is 32.2. The van der Waals surface area contributed by atoms with Crippen molar-refractivity contribution in [1.29, 1.82) is 0 Å². The second-order valence-electron chi connectivity index (χ2n) is 16.7. The SMILES string of the molecule is CNC(=O)c1c(-c2ccc(F)cc2)oc2cc3c(cc12)C1(CCCN3S(C)(=O)=O)CC1.CS(=O)(=O)N1CCCC2(CC2)c2cc3c(C(=O)O)c(-c4ccc(F)cc4)oc3cc21. The molecule has 61 heavy (non-hydrogen) atoms. The lowest BCUT2D eigenvalue weighted by Crippen LogP contribution is -2.30. The number of carbonyl (C=O) groups excluding carboxylic acids is 1. The number of hydrogen-bond acceptors (Lipinski definition) is 8. The molecule has 0 atom stereocenters. The van der Waals surface area contributed by atoms with Crippen LogP contribution in [0.1, 0.15) is 83.2 Å². The van der Waals surface area contributed by atoms with Crippen molar-refractivity contribution < 1.29 is 49.1 Å². The van der Waals surface area contributed by atoms with Crippen molar-refractivity contribution >= 4 is 65.2 Å². The molecule has 12 nitrogen and oxygen atoms in total. The first kappa shape index (κ1) is 40.7. The molecule has 2 spiro atoms. The average Bonchev–Trinajstić information content (AvgIpc) is 4.13. The molecule has 0 bridgehead atoms. The number of fused-ring (bicyclic) bond motifs is 6. The predicted molar refractivity (Wildman–Crippen MR) is 228 cm³/mol. The Labute approximate surface area is 351 Å². The van der Waals surface area contributed by atoms with Gasteiger partial charge in [0.25, 0.3) is 5.91 Å². The first-order valence-electron chi connectivity index (χ1n) is 20.1. The monoisotopic (exact) mass is 871 g/mol. The Balaban J connectivity index is 0.000000156. The molecule has 2 fully saturated rings. The zero-order valence-electron chi connectivity index (χ0n) is 33.7. The molecule has 4 heterocycles. The van der Waals surface area contributed by atoms with Crippen molar-refractivity contribution in [2.24, 2.45) is 0 Å². The maximum atomic E-state index is 13.4. The topological polar surface area (TPSA) is 167 Å². The van der Waals surface area contributed by atoms with Crippen LogP contribution in [0.25, 0.3) is 44.6 Å². The minimum Gasteiger partial charge on any atom is -0.478 e. The van der Waals surface area contributed by atoms with E-state index in [-0.39, 0.29) is 33.9 Å². The number of amides is 1. The van der Waals surface area contributed by atoms with E-state index in [2.05, 4.69) is 5.32 Å². The number of benzene rings is 4. The van der Waals surface area contributed by atoms with Crippen molar-refractivity contribution in [2.75, 3.05) is 41.3 Å². The molecule has 2 N–H and O–H groups in total. The summed E-state index contributed by atoms with van der Waals surface area (Å²) >= 11 is 0. The van der Waals surface area contributed by atoms with E-state index in [1.54, 1.807) is 37.4 Å². The molecule has 6 aromatic rings. The summed E-state index contributed by atoms with van der Waals surface area (Å²) in [4.78, 5) is 25.0. The molecule has 0 radical (unpaired) electrons. The third kappa shape index (κ3) is 7.12. The number of rotatable bonds is 6. The maximum Gasteiger partial charge on any atom is 0.340 e. The number of anilines is 2. The fraction of sp³-hybridized carbons (Fsp3) is 0.333. The standard InChI is InChI=1S/C23H23FN2O4S.C22H20FNO5S/c1-25-22(27)20-16-12-17-18(26(31(2,28)29)11-3-8-23(17)9-10-23)13-19(16)30-21(20)14-4-6-15(24)7-5-14;1-30(27,28)24-10-2-7-22(8-9-22)16-11-15-18(12-17(16)24)29-20(19(15)21(25)26)13-3-5-14(23)6-4-13/h4-7,12-13H,3,8-11H2,1-2H3,(H,25,27);3-6,11-12H,2,7-10H2,1H3,(H,25,26). The zero-order valence-corrected chi connectivity index (χ0v) is 35.3. The van der Waals surface area contributed by atoms with Crippen LogP contribution in [0.3, 0.4) is 0 Å². The lowest BCUT2D eigenvalue weighted by atomic mass is 9.89. The lowest BCUT2D eigenvalue weighted by Gasteiger charge is -2.23. The van der Waals surface area contributed by atoms with Gasteiger partial charge in [-0.05, 0) is 134 Å². The Morgan fingerprint density at radius 1 is 0.639 bits per heavy atom. The summed E-state index contributed by atoms with van der Waals surface area (Å²) < 4.78 is 91.7. The van der Waals surface area contributed by atoms with Crippen LogP contribution in [0, 0.1) is 11.6 Å². The third-order valence-corrected chi connectivity index (χ3v) is 15.1. The number of halogens is 2. The van der Waals surface area contributed by atoms with Crippen LogP contribution < -0.4 is 13.9 Å². The predicted octanol–water partition coefficient (Wildman–Crippen LogP) is 8.72. The molecule has 10 rings (SSSR count). The van der Waals surface area contributed by atoms with Gasteiger partial charge in [-0.2, -0.15) is 0 Å². The number of sulfonamides is 2. The fourth-order valence-corrected chi connectivity index (χ4v) is 11.3. The molecule has 16 heteroatoms. The second-order valence-corrected chi connectivity index (χ2v) is 20.5. The number of furan rings is 2. The van der Waals surface area contributed by atoms with Crippen LogP contribution in [-0.2, 0) is 30.9 Å². The quantitative estimate of drug-likeness (QED) is 0.166. The largest absolute Gasteiger partial charge is 0.478 e. The lowest BCUT2D eigenvalue weighted by molar-refractivity contribution is 0.0698. The van der Waals surface area contributed by atoms with E-state index in [0.29, 0.717) is 68.9 Å². The van der Waals surface area contributed by atoms with Crippen molar-refractivity contribution in [2.45, 2.75) is 62.2 Å². The Bertz CT molecular complexity index is 3010. The van der Waals surface area contributed by atoms with E-state index >= 15 is 0 Å². The van der Waals surface area contributed by atoms with Gasteiger partial charge in [0, 0.05) is 54.2 Å². The van der Waals surface area contributed by atoms with Gasteiger partial charge in [-0.15, -0.1) is 0 Å². The number of carboxylic acids is 1. The number of nitrogens with one attached hydrogen (secondary N) is 1. The molecule has 0 saturated heterocycles. The summed E-state index contributed by atoms with van der Waals surface area (Å²) in [6, 6.07) is 18.3. The van der Waals surface area contributed by atoms with Gasteiger partial charge in [-0.1, -0.05) is 0 Å². The van der Waals surface area contributed by atoms with Gasteiger partial charge >= 0.3 is 5.97 Å². The fourth-order valence-electron chi connectivity index (χ4n) is 9.36. The van der Waals surface area contributed by atoms with Gasteiger partial charge in [0.1, 0.15) is 39.9 Å². The van der Waals surface area contributed by atoms with E-state index in [1.165, 1.54) is 57.5 Å². The van der Waals surface area contributed by atoms with Crippen molar-refractivity contribution in [3.05, 3.63) is 107 Å². The van der Waals surface area contributed by atoms with Crippen LogP contribution in [0.5, 0.6) is 0 Å². The number of carbonyl (C=O) groups is 2. The number of aromatic carboxylic acids is 1. The first-order chi connectivity index (χ1) is 28.9. The summed E-state index contributed by atoms with van der Waals surface area (Å²) in [5.74, 6) is -1.80. The normalized spacial score (nSPS) is 17.6.